The second-order valence-electron chi connectivity index (χ2n) is 14.2. The number of rotatable bonds is 6. The van der Waals surface area contributed by atoms with E-state index in [1.807, 2.05) is 0 Å². The Hall–Kier alpha value is -2.99. The summed E-state index contributed by atoms with van der Waals surface area (Å²) in [4.78, 5) is 14.2. The Morgan fingerprint density at radius 1 is 0.826 bits per heavy atom. The summed E-state index contributed by atoms with van der Waals surface area (Å²) < 4.78 is 84.7. The number of hydrogen-bond acceptors (Lipinski definition) is 5. The Morgan fingerprint density at radius 3 is 1.89 bits per heavy atom. The lowest BCUT2D eigenvalue weighted by atomic mass is 9.48. The molecule has 6 rings (SSSR count). The molecular formula is C34H41F6N3O3. The molecule has 1 heterocycles. The highest BCUT2D eigenvalue weighted by atomic mass is 19.4. The Kier molecular flexibility index (Phi) is 8.53. The molecule has 1 saturated heterocycles. The number of amides is 1. The van der Waals surface area contributed by atoms with Crippen molar-refractivity contribution in [3.05, 3.63) is 59.7 Å². The Labute approximate surface area is 264 Å². The average molecular weight is 654 g/mol. The van der Waals surface area contributed by atoms with E-state index < -0.39 is 30.3 Å². The Balaban J connectivity index is 1.23. The molecule has 12 heteroatoms. The standard InChI is InChI=1S/C34H41F6N3O3/c1-31-16-14-26-24(18-42-28-17-21(41)13-15-32(26,28)2)25(31)11-12-27(31)30(44)43-29(19-3-7-22(8-4-19)45-33(35,36)37)20-5-9-23(10-6-20)46-34(38,39)40/h3-10,21,24-29,42H,11-18,41H2,1-2H3,(H,43,44)/t21?,24?,25?,26?,27?,28?,31-,32+/m0/s1. The average Bonchev–Trinajstić information content (AvgIpc) is 3.33. The smallest absolute Gasteiger partial charge is 0.406 e. The molecule has 0 aromatic heterocycles. The summed E-state index contributed by atoms with van der Waals surface area (Å²) in [5, 5.41) is 6.96. The number of carbonyl (C=O) groups excluding carboxylic acids is 1. The number of benzene rings is 2. The molecule has 8 atom stereocenters. The molecule has 6 nitrogen and oxygen atoms in total. The van der Waals surface area contributed by atoms with Crippen LogP contribution in [0.2, 0.25) is 0 Å². The van der Waals surface area contributed by atoms with Crippen LogP contribution in [-0.2, 0) is 4.79 Å². The van der Waals surface area contributed by atoms with Gasteiger partial charge in [0.05, 0.1) is 6.04 Å². The second kappa shape index (κ2) is 11.9. The molecule has 46 heavy (non-hydrogen) atoms. The van der Waals surface area contributed by atoms with Crippen molar-refractivity contribution in [2.75, 3.05) is 6.54 Å². The number of halogens is 6. The van der Waals surface area contributed by atoms with Gasteiger partial charge in [-0.2, -0.15) is 0 Å². The number of fused-ring (bicyclic) bond motifs is 5. The molecule has 4 N–H and O–H groups in total. The fourth-order valence-corrected chi connectivity index (χ4v) is 9.55. The minimum atomic E-state index is -4.87. The van der Waals surface area contributed by atoms with E-state index in [1.165, 1.54) is 24.3 Å². The highest BCUT2D eigenvalue weighted by molar-refractivity contribution is 5.81. The van der Waals surface area contributed by atoms with Crippen LogP contribution < -0.4 is 25.8 Å². The zero-order valence-corrected chi connectivity index (χ0v) is 25.9. The lowest BCUT2D eigenvalue weighted by Crippen LogP contribution is -2.64. The topological polar surface area (TPSA) is 85.6 Å². The molecule has 0 radical (unpaired) electrons. The molecule has 2 aromatic carbocycles. The maximum Gasteiger partial charge on any atom is 0.573 e. The van der Waals surface area contributed by atoms with Gasteiger partial charge in [0.25, 0.3) is 0 Å². The van der Waals surface area contributed by atoms with Gasteiger partial charge in [-0.05, 0) is 115 Å². The van der Waals surface area contributed by atoms with Gasteiger partial charge < -0.3 is 25.8 Å². The predicted molar refractivity (Wildman–Crippen MR) is 158 cm³/mol. The normalized spacial score (nSPS) is 34.3. The van der Waals surface area contributed by atoms with Crippen LogP contribution in [-0.4, -0.2) is 37.3 Å². The van der Waals surface area contributed by atoms with Crippen molar-refractivity contribution in [2.45, 2.75) is 89.6 Å². The third-order valence-corrected chi connectivity index (χ3v) is 11.8. The van der Waals surface area contributed by atoms with Crippen molar-refractivity contribution in [1.82, 2.24) is 10.6 Å². The van der Waals surface area contributed by atoms with E-state index in [1.54, 1.807) is 0 Å². The molecule has 1 amide bonds. The molecule has 4 aliphatic rings. The summed E-state index contributed by atoms with van der Waals surface area (Å²) in [6.45, 7) is 5.54. The van der Waals surface area contributed by atoms with Gasteiger partial charge in [0.1, 0.15) is 11.5 Å². The summed E-state index contributed by atoms with van der Waals surface area (Å²) in [7, 11) is 0. The fourth-order valence-electron chi connectivity index (χ4n) is 9.55. The maximum absolute atomic E-state index is 14.2. The number of ether oxygens (including phenoxy) is 2. The van der Waals surface area contributed by atoms with Crippen molar-refractivity contribution in [3.63, 3.8) is 0 Å². The molecular weight excluding hydrogens is 612 g/mol. The zero-order valence-electron chi connectivity index (χ0n) is 25.9. The predicted octanol–water partition coefficient (Wildman–Crippen LogP) is 7.24. The van der Waals surface area contributed by atoms with Crippen LogP contribution in [0.25, 0.3) is 0 Å². The van der Waals surface area contributed by atoms with Gasteiger partial charge in [-0.1, -0.05) is 38.1 Å². The van der Waals surface area contributed by atoms with Gasteiger partial charge in [-0.15, -0.1) is 26.3 Å². The first-order valence-corrected chi connectivity index (χ1v) is 16.1. The number of nitrogens with two attached hydrogens (primary N) is 1. The van der Waals surface area contributed by atoms with Crippen molar-refractivity contribution < 1.29 is 40.6 Å². The zero-order chi connectivity index (χ0) is 33.1. The third kappa shape index (κ3) is 6.43. The largest absolute Gasteiger partial charge is 0.573 e. The van der Waals surface area contributed by atoms with E-state index in [9.17, 15) is 31.1 Å². The highest BCUT2D eigenvalue weighted by Crippen LogP contribution is 2.64. The third-order valence-electron chi connectivity index (χ3n) is 11.8. The van der Waals surface area contributed by atoms with Gasteiger partial charge in [-0.3, -0.25) is 4.79 Å². The molecule has 2 aromatic rings. The van der Waals surface area contributed by atoms with Gasteiger partial charge >= 0.3 is 12.7 Å². The summed E-state index contributed by atoms with van der Waals surface area (Å²) in [5.74, 6) is 0.0753. The van der Waals surface area contributed by atoms with Gasteiger partial charge in [0.15, 0.2) is 0 Å². The number of piperidine rings is 1. The van der Waals surface area contributed by atoms with Crippen LogP contribution >= 0.6 is 0 Å². The van der Waals surface area contributed by atoms with Crippen molar-refractivity contribution in [2.24, 2.45) is 40.2 Å². The molecule has 4 fully saturated rings. The van der Waals surface area contributed by atoms with E-state index in [0.29, 0.717) is 41.3 Å². The second-order valence-corrected chi connectivity index (χ2v) is 14.2. The molecule has 3 aliphatic carbocycles. The molecule has 6 unspecified atom stereocenters. The summed E-state index contributed by atoms with van der Waals surface area (Å²) in [6.07, 6.45) is -3.03. The van der Waals surface area contributed by atoms with Crippen molar-refractivity contribution in [1.29, 1.82) is 0 Å². The van der Waals surface area contributed by atoms with E-state index in [0.717, 1.165) is 69.3 Å². The summed E-state index contributed by atoms with van der Waals surface area (Å²) in [6, 6.07) is 10.1. The lowest BCUT2D eigenvalue weighted by Gasteiger charge is -2.61. The molecule has 252 valence electrons. The Bertz CT molecular complexity index is 1340. The van der Waals surface area contributed by atoms with Gasteiger partial charge in [0.2, 0.25) is 5.91 Å². The SMILES string of the molecule is C[C@]12CCC(N)CC1NCC1C2CC[C@]2(C)C(C(=O)NC(c3ccc(OC(F)(F)F)cc3)c3ccc(OC(F)(F)F)cc3)CCC12. The van der Waals surface area contributed by atoms with Gasteiger partial charge in [0, 0.05) is 18.0 Å². The number of alkyl halides is 6. The monoisotopic (exact) mass is 653 g/mol. The molecule has 3 saturated carbocycles. The minimum Gasteiger partial charge on any atom is -0.406 e. The lowest BCUT2D eigenvalue weighted by molar-refractivity contribution is -0.275. The van der Waals surface area contributed by atoms with Crippen LogP contribution in [0.3, 0.4) is 0 Å². The maximum atomic E-state index is 14.2. The molecule has 0 spiro atoms. The van der Waals surface area contributed by atoms with Crippen LogP contribution in [0.5, 0.6) is 11.5 Å². The molecule has 0 bridgehead atoms. The summed E-state index contributed by atoms with van der Waals surface area (Å²) >= 11 is 0. The first-order valence-electron chi connectivity index (χ1n) is 16.1. The first kappa shape index (κ1) is 32.9. The van der Waals surface area contributed by atoms with E-state index in [-0.39, 0.29) is 28.7 Å². The van der Waals surface area contributed by atoms with Crippen LogP contribution in [0, 0.1) is 34.5 Å². The van der Waals surface area contributed by atoms with E-state index in [4.69, 9.17) is 5.73 Å². The number of hydrogen-bond donors (Lipinski definition) is 3. The first-order chi connectivity index (χ1) is 21.6. The van der Waals surface area contributed by atoms with Crippen LogP contribution in [0.15, 0.2) is 48.5 Å². The fraction of sp³-hybridized carbons (Fsp3) is 0.618. The van der Waals surface area contributed by atoms with E-state index in [2.05, 4.69) is 34.0 Å². The minimum absolute atomic E-state index is 0.170. The highest BCUT2D eigenvalue weighted by Gasteiger charge is 2.61. The van der Waals surface area contributed by atoms with Crippen LogP contribution in [0.4, 0.5) is 26.3 Å². The molecule has 1 aliphatic heterocycles. The van der Waals surface area contributed by atoms with E-state index >= 15 is 0 Å². The van der Waals surface area contributed by atoms with Gasteiger partial charge in [-0.25, -0.2) is 0 Å². The quantitative estimate of drug-likeness (QED) is 0.287. The Morgan fingerprint density at radius 2 is 1.35 bits per heavy atom. The van der Waals surface area contributed by atoms with Crippen LogP contribution in [0.1, 0.15) is 76.0 Å². The number of nitrogens with one attached hydrogen (secondary N) is 2. The number of carbonyl (C=O) groups is 1. The summed E-state index contributed by atoms with van der Waals surface area (Å²) in [5.41, 5.74) is 7.19. The van der Waals surface area contributed by atoms with Crippen molar-refractivity contribution >= 4 is 5.91 Å². The van der Waals surface area contributed by atoms with Crippen molar-refractivity contribution in [3.8, 4) is 11.5 Å².